The van der Waals surface area contributed by atoms with Crippen molar-refractivity contribution >= 4 is 5.97 Å². The highest BCUT2D eigenvalue weighted by Gasteiger charge is 2.51. The number of methoxy groups -OCH3 is 1. The molecule has 3 unspecified atom stereocenters. The summed E-state index contributed by atoms with van der Waals surface area (Å²) >= 11 is 0. The molecule has 0 aromatic rings. The topological polar surface area (TPSA) is 66.8 Å². The molecule has 3 atom stereocenters. The second-order valence-electron chi connectivity index (χ2n) is 8.67. The maximum Gasteiger partial charge on any atom is 0.308 e. The van der Waals surface area contributed by atoms with Crippen LogP contribution in [0.25, 0.3) is 0 Å². The largest absolute Gasteiger partial charge is 0.469 e. The van der Waals surface area contributed by atoms with E-state index in [9.17, 15) is 15.0 Å². The van der Waals surface area contributed by atoms with E-state index in [4.69, 9.17) is 4.74 Å². The lowest BCUT2D eigenvalue weighted by Gasteiger charge is -2.45. The van der Waals surface area contributed by atoms with Crippen LogP contribution in [0.1, 0.15) is 71.1 Å². The molecule has 0 saturated heterocycles. The Hall–Kier alpha value is -0.610. The third kappa shape index (κ3) is 3.24. The van der Waals surface area contributed by atoms with Crippen LogP contribution in [0.2, 0.25) is 0 Å². The summed E-state index contributed by atoms with van der Waals surface area (Å²) in [4.78, 5) is 11.7. The van der Waals surface area contributed by atoms with Gasteiger partial charge >= 0.3 is 5.97 Å². The summed E-state index contributed by atoms with van der Waals surface area (Å²) in [6, 6.07) is 0. The van der Waals surface area contributed by atoms with Crippen molar-refractivity contribution in [1.82, 2.24) is 0 Å². The molecule has 0 aliphatic heterocycles. The number of aliphatic hydroxyl groups excluding tert-OH is 2. The molecule has 0 bridgehead atoms. The monoisotopic (exact) mass is 338 g/mol. The first-order valence-corrected chi connectivity index (χ1v) is 9.92. The number of hydrogen-bond acceptors (Lipinski definition) is 4. The highest BCUT2D eigenvalue weighted by molar-refractivity contribution is 5.72. The van der Waals surface area contributed by atoms with Gasteiger partial charge in [-0.2, -0.15) is 0 Å². The Balaban J connectivity index is 1.49. The van der Waals surface area contributed by atoms with Crippen LogP contribution in [0.5, 0.6) is 0 Å². The molecular formula is C20H34O4. The van der Waals surface area contributed by atoms with Gasteiger partial charge in [-0.1, -0.05) is 6.92 Å². The van der Waals surface area contributed by atoms with Crippen LogP contribution < -0.4 is 0 Å². The van der Waals surface area contributed by atoms with Gasteiger partial charge in [0.05, 0.1) is 25.2 Å². The maximum atomic E-state index is 11.7. The van der Waals surface area contributed by atoms with Crippen molar-refractivity contribution in [2.24, 2.45) is 29.1 Å². The molecule has 24 heavy (non-hydrogen) atoms. The fourth-order valence-corrected chi connectivity index (χ4v) is 5.92. The van der Waals surface area contributed by atoms with Crippen molar-refractivity contribution < 1.29 is 19.7 Å². The summed E-state index contributed by atoms with van der Waals surface area (Å²) in [5.41, 5.74) is -0.201. The Bertz CT molecular complexity index is 421. The lowest BCUT2D eigenvalue weighted by molar-refractivity contribution is -0.147. The lowest BCUT2D eigenvalue weighted by Crippen LogP contribution is -2.43. The summed E-state index contributed by atoms with van der Waals surface area (Å²) in [5.74, 6) is 1.93. The molecule has 1 spiro atoms. The van der Waals surface area contributed by atoms with Gasteiger partial charge in [-0.3, -0.25) is 4.79 Å². The molecule has 0 heterocycles. The third-order valence-electron chi connectivity index (χ3n) is 7.77. The molecule has 3 fully saturated rings. The SMILES string of the molecule is COC(=O)C(C)C1CCC(C2CCC3(CC2)C(O)CCC3O)CC1. The fraction of sp³-hybridized carbons (Fsp3) is 0.950. The number of carbonyl (C=O) groups excluding carboxylic acids is 1. The third-order valence-corrected chi connectivity index (χ3v) is 7.77. The molecule has 2 N–H and O–H groups in total. The van der Waals surface area contributed by atoms with Gasteiger partial charge in [0.25, 0.3) is 0 Å². The molecule has 3 aliphatic carbocycles. The predicted octanol–water partition coefficient (Wildman–Crippen LogP) is 3.29. The minimum absolute atomic E-state index is 0.0226. The molecule has 3 aliphatic rings. The summed E-state index contributed by atoms with van der Waals surface area (Å²) < 4.78 is 4.90. The summed E-state index contributed by atoms with van der Waals surface area (Å²) in [7, 11) is 1.48. The molecular weight excluding hydrogens is 304 g/mol. The molecule has 4 nitrogen and oxygen atoms in total. The number of rotatable bonds is 3. The Morgan fingerprint density at radius 3 is 1.92 bits per heavy atom. The van der Waals surface area contributed by atoms with E-state index in [1.165, 1.54) is 20.0 Å². The molecule has 3 saturated carbocycles. The Morgan fingerprint density at radius 1 is 0.917 bits per heavy atom. The van der Waals surface area contributed by atoms with E-state index in [1.807, 2.05) is 6.92 Å². The minimum Gasteiger partial charge on any atom is -0.469 e. The van der Waals surface area contributed by atoms with E-state index in [-0.39, 0.29) is 29.5 Å². The van der Waals surface area contributed by atoms with Gasteiger partial charge in [0.2, 0.25) is 0 Å². The number of aliphatic hydroxyl groups is 2. The minimum atomic E-state index is -0.301. The van der Waals surface area contributed by atoms with Crippen molar-refractivity contribution in [2.45, 2.75) is 83.3 Å². The average molecular weight is 338 g/mol. The zero-order chi connectivity index (χ0) is 17.3. The quantitative estimate of drug-likeness (QED) is 0.775. The number of hydrogen-bond donors (Lipinski definition) is 2. The van der Waals surface area contributed by atoms with Crippen LogP contribution >= 0.6 is 0 Å². The fourth-order valence-electron chi connectivity index (χ4n) is 5.92. The zero-order valence-electron chi connectivity index (χ0n) is 15.2. The number of carbonyl (C=O) groups is 1. The van der Waals surface area contributed by atoms with Gasteiger partial charge in [0, 0.05) is 5.41 Å². The lowest BCUT2D eigenvalue weighted by atomic mass is 9.62. The first-order chi connectivity index (χ1) is 11.5. The maximum absolute atomic E-state index is 11.7. The molecule has 0 radical (unpaired) electrons. The molecule has 0 aromatic heterocycles. The predicted molar refractivity (Wildman–Crippen MR) is 92.3 cm³/mol. The van der Waals surface area contributed by atoms with Crippen molar-refractivity contribution in [3.8, 4) is 0 Å². The molecule has 3 rings (SSSR count). The van der Waals surface area contributed by atoms with E-state index in [0.717, 1.165) is 63.2 Å². The highest BCUT2D eigenvalue weighted by Crippen LogP contribution is 2.53. The van der Waals surface area contributed by atoms with Gasteiger partial charge in [-0.25, -0.2) is 0 Å². The van der Waals surface area contributed by atoms with Crippen LogP contribution in [0.4, 0.5) is 0 Å². The van der Waals surface area contributed by atoms with Gasteiger partial charge in [-0.05, 0) is 82.0 Å². The first-order valence-electron chi connectivity index (χ1n) is 9.92. The average Bonchev–Trinajstić information content (AvgIpc) is 2.89. The van der Waals surface area contributed by atoms with E-state index >= 15 is 0 Å². The van der Waals surface area contributed by atoms with Crippen molar-refractivity contribution in [2.75, 3.05) is 7.11 Å². The molecule has 0 aromatic carbocycles. The van der Waals surface area contributed by atoms with Crippen molar-refractivity contribution in [3.05, 3.63) is 0 Å². The standard InChI is InChI=1S/C20H34O4/c1-13(19(23)24-2)14-3-5-15(6-4-14)16-9-11-20(12-10-16)17(21)7-8-18(20)22/h13-18,21-22H,3-12H2,1-2H3. The molecule has 138 valence electrons. The van der Waals surface area contributed by atoms with Crippen LogP contribution in [-0.4, -0.2) is 35.5 Å². The Morgan fingerprint density at radius 2 is 1.42 bits per heavy atom. The summed E-state index contributed by atoms with van der Waals surface area (Å²) in [5, 5.41) is 20.7. The van der Waals surface area contributed by atoms with Crippen LogP contribution in [0.3, 0.4) is 0 Å². The van der Waals surface area contributed by atoms with E-state index in [2.05, 4.69) is 0 Å². The smallest absolute Gasteiger partial charge is 0.308 e. The van der Waals surface area contributed by atoms with Gasteiger partial charge in [0.15, 0.2) is 0 Å². The Labute approximate surface area is 146 Å². The highest BCUT2D eigenvalue weighted by atomic mass is 16.5. The van der Waals surface area contributed by atoms with Gasteiger partial charge in [-0.15, -0.1) is 0 Å². The summed E-state index contributed by atoms with van der Waals surface area (Å²) in [6.07, 6.45) is 9.90. The molecule has 4 heteroatoms. The van der Waals surface area contributed by atoms with Crippen molar-refractivity contribution in [1.29, 1.82) is 0 Å². The number of esters is 1. The second-order valence-corrected chi connectivity index (χ2v) is 8.67. The Kier molecular flexibility index (Phi) is 5.55. The normalized spacial score (nSPS) is 44.4. The van der Waals surface area contributed by atoms with Crippen molar-refractivity contribution in [3.63, 3.8) is 0 Å². The molecule has 0 amide bonds. The van der Waals surface area contributed by atoms with Crippen LogP contribution in [0.15, 0.2) is 0 Å². The van der Waals surface area contributed by atoms with Crippen LogP contribution in [-0.2, 0) is 9.53 Å². The van der Waals surface area contributed by atoms with E-state index < -0.39 is 0 Å². The summed E-state index contributed by atoms with van der Waals surface area (Å²) in [6.45, 7) is 2.00. The van der Waals surface area contributed by atoms with E-state index in [0.29, 0.717) is 5.92 Å². The number of ether oxygens (including phenoxy) is 1. The zero-order valence-corrected chi connectivity index (χ0v) is 15.2. The van der Waals surface area contributed by atoms with Gasteiger partial charge < -0.3 is 14.9 Å². The van der Waals surface area contributed by atoms with Gasteiger partial charge in [0.1, 0.15) is 0 Å². The first kappa shape index (κ1) is 18.2. The van der Waals surface area contributed by atoms with Crippen LogP contribution in [0, 0.1) is 29.1 Å². The second kappa shape index (κ2) is 7.33. The van der Waals surface area contributed by atoms with E-state index in [1.54, 1.807) is 0 Å².